The second-order valence-electron chi connectivity index (χ2n) is 7.83. The summed E-state index contributed by atoms with van der Waals surface area (Å²) in [5, 5.41) is 6.99. The van der Waals surface area contributed by atoms with E-state index in [0.29, 0.717) is 11.0 Å². The SMILES string of the molecule is C=C(NC(=S)Nc1ccc(CCCCC)cc1)/C(C)=C(\C)C(C)C.c1ccccc1. The van der Waals surface area contributed by atoms with Gasteiger partial charge >= 0.3 is 0 Å². The third-order valence-electron chi connectivity index (χ3n) is 5.12. The highest BCUT2D eigenvalue weighted by Gasteiger charge is 2.07. The standard InChI is InChI=1S/C21H32N2S.C6H6/c1-7-8-9-10-19-11-13-20(14-12-19)23-21(24)22-18(6)17(5)16(4)15(2)3;1-2-4-6-5-3-1/h11-15H,6-10H2,1-5H3,(H2,22,23,24);1-6H/b17-16+;. The molecule has 0 unspecified atom stereocenters. The van der Waals surface area contributed by atoms with E-state index in [0.717, 1.165) is 17.8 Å². The Kier molecular flexibility index (Phi) is 12.5. The highest BCUT2D eigenvalue weighted by atomic mass is 32.1. The smallest absolute Gasteiger partial charge is 0.175 e. The van der Waals surface area contributed by atoms with Crippen molar-refractivity contribution in [3.8, 4) is 0 Å². The number of benzene rings is 2. The van der Waals surface area contributed by atoms with E-state index in [2.05, 4.69) is 76.1 Å². The lowest BCUT2D eigenvalue weighted by Crippen LogP contribution is -2.28. The first-order valence-electron chi connectivity index (χ1n) is 10.9. The number of hydrogen-bond donors (Lipinski definition) is 2. The van der Waals surface area contributed by atoms with Gasteiger partial charge in [0.15, 0.2) is 5.11 Å². The molecule has 0 aliphatic rings. The van der Waals surface area contributed by atoms with Crippen molar-refractivity contribution in [1.29, 1.82) is 0 Å². The second kappa shape index (κ2) is 14.6. The Morgan fingerprint density at radius 3 is 1.93 bits per heavy atom. The van der Waals surface area contributed by atoms with Gasteiger partial charge in [-0.2, -0.15) is 0 Å². The maximum Gasteiger partial charge on any atom is 0.175 e. The van der Waals surface area contributed by atoms with Crippen LogP contribution in [0.3, 0.4) is 0 Å². The topological polar surface area (TPSA) is 24.1 Å². The Morgan fingerprint density at radius 1 is 0.933 bits per heavy atom. The van der Waals surface area contributed by atoms with Crippen LogP contribution in [0.4, 0.5) is 5.69 Å². The van der Waals surface area contributed by atoms with E-state index in [1.807, 2.05) is 36.4 Å². The van der Waals surface area contributed by atoms with E-state index in [1.54, 1.807) is 0 Å². The molecule has 162 valence electrons. The van der Waals surface area contributed by atoms with Gasteiger partial charge in [-0.3, -0.25) is 0 Å². The first kappa shape index (κ1) is 25.6. The van der Waals surface area contributed by atoms with Crippen molar-refractivity contribution in [3.63, 3.8) is 0 Å². The van der Waals surface area contributed by atoms with Crippen LogP contribution >= 0.6 is 12.2 Å². The van der Waals surface area contributed by atoms with Gasteiger partial charge in [0.05, 0.1) is 0 Å². The summed E-state index contributed by atoms with van der Waals surface area (Å²) in [4.78, 5) is 0. The number of nitrogens with one attached hydrogen (secondary N) is 2. The quantitative estimate of drug-likeness (QED) is 0.257. The van der Waals surface area contributed by atoms with Crippen LogP contribution in [0, 0.1) is 5.92 Å². The molecule has 0 heterocycles. The molecule has 30 heavy (non-hydrogen) atoms. The van der Waals surface area contributed by atoms with Crippen molar-refractivity contribution in [3.05, 3.63) is 89.6 Å². The first-order chi connectivity index (χ1) is 14.3. The average molecular weight is 423 g/mol. The van der Waals surface area contributed by atoms with E-state index in [4.69, 9.17) is 12.2 Å². The summed E-state index contributed by atoms with van der Waals surface area (Å²) < 4.78 is 0. The molecule has 0 atom stereocenters. The number of anilines is 1. The molecule has 0 saturated carbocycles. The molecule has 0 aromatic heterocycles. The predicted molar refractivity (Wildman–Crippen MR) is 138 cm³/mol. The van der Waals surface area contributed by atoms with Crippen LogP contribution in [-0.2, 0) is 6.42 Å². The molecule has 2 aromatic rings. The third-order valence-corrected chi connectivity index (χ3v) is 5.33. The highest BCUT2D eigenvalue weighted by molar-refractivity contribution is 7.80. The van der Waals surface area contributed by atoms with Gasteiger partial charge in [0.25, 0.3) is 0 Å². The van der Waals surface area contributed by atoms with Crippen molar-refractivity contribution in [2.45, 2.75) is 60.3 Å². The molecule has 2 N–H and O–H groups in total. The molecular formula is C27H38N2S. The Bertz CT molecular complexity index is 763. The van der Waals surface area contributed by atoms with Crippen LogP contribution in [-0.4, -0.2) is 5.11 Å². The lowest BCUT2D eigenvalue weighted by atomic mass is 9.98. The largest absolute Gasteiger partial charge is 0.333 e. The monoisotopic (exact) mass is 422 g/mol. The number of rotatable bonds is 8. The van der Waals surface area contributed by atoms with Crippen molar-refractivity contribution >= 4 is 23.0 Å². The molecule has 2 aromatic carbocycles. The Hall–Kier alpha value is -2.39. The molecule has 0 bridgehead atoms. The maximum atomic E-state index is 5.40. The van der Waals surface area contributed by atoms with E-state index < -0.39 is 0 Å². The minimum absolute atomic E-state index is 0.505. The Labute approximate surface area is 189 Å². The summed E-state index contributed by atoms with van der Waals surface area (Å²) in [6.45, 7) is 14.9. The van der Waals surface area contributed by atoms with Gasteiger partial charge in [-0.15, -0.1) is 0 Å². The van der Waals surface area contributed by atoms with E-state index in [-0.39, 0.29) is 0 Å². The van der Waals surface area contributed by atoms with Crippen molar-refractivity contribution < 1.29 is 0 Å². The van der Waals surface area contributed by atoms with E-state index in [9.17, 15) is 0 Å². The average Bonchev–Trinajstić information content (AvgIpc) is 2.75. The molecule has 2 nitrogen and oxygen atoms in total. The Morgan fingerprint density at radius 2 is 1.47 bits per heavy atom. The van der Waals surface area contributed by atoms with Gasteiger partial charge in [-0.25, -0.2) is 0 Å². The fraction of sp³-hybridized carbons (Fsp3) is 0.370. The van der Waals surface area contributed by atoms with Gasteiger partial charge in [0.2, 0.25) is 0 Å². The molecule has 3 heteroatoms. The van der Waals surface area contributed by atoms with Crippen LogP contribution in [0.5, 0.6) is 0 Å². The van der Waals surface area contributed by atoms with Crippen molar-refractivity contribution in [2.24, 2.45) is 5.92 Å². The van der Waals surface area contributed by atoms with Gasteiger partial charge < -0.3 is 10.6 Å². The minimum Gasteiger partial charge on any atom is -0.333 e. The number of thiocarbonyl (C=S) groups is 1. The van der Waals surface area contributed by atoms with Crippen molar-refractivity contribution in [1.82, 2.24) is 5.32 Å². The molecule has 2 rings (SSSR count). The van der Waals surface area contributed by atoms with E-state index >= 15 is 0 Å². The van der Waals surface area contributed by atoms with Gasteiger partial charge in [0, 0.05) is 11.4 Å². The second-order valence-corrected chi connectivity index (χ2v) is 8.24. The van der Waals surface area contributed by atoms with Crippen LogP contribution in [0.1, 0.15) is 59.4 Å². The van der Waals surface area contributed by atoms with Crippen LogP contribution in [0.25, 0.3) is 0 Å². The summed E-state index contributed by atoms with van der Waals surface area (Å²) in [6, 6.07) is 20.5. The van der Waals surface area contributed by atoms with Crippen LogP contribution in [0.2, 0.25) is 0 Å². The zero-order valence-corrected chi connectivity index (χ0v) is 20.1. The molecule has 0 amide bonds. The van der Waals surface area contributed by atoms with Gasteiger partial charge in [-0.1, -0.05) is 94.3 Å². The zero-order chi connectivity index (χ0) is 22.4. The molecule has 0 aliphatic heterocycles. The zero-order valence-electron chi connectivity index (χ0n) is 19.3. The fourth-order valence-electron chi connectivity index (χ4n) is 2.78. The summed E-state index contributed by atoms with van der Waals surface area (Å²) in [7, 11) is 0. The normalized spacial score (nSPS) is 11.1. The third kappa shape index (κ3) is 10.4. The summed E-state index contributed by atoms with van der Waals surface area (Å²) in [6.07, 6.45) is 4.95. The van der Waals surface area contributed by atoms with Crippen LogP contribution in [0.15, 0.2) is 84.1 Å². The summed E-state index contributed by atoms with van der Waals surface area (Å²) in [5.41, 5.74) is 5.73. The number of unbranched alkanes of at least 4 members (excludes halogenated alkanes) is 2. The lowest BCUT2D eigenvalue weighted by molar-refractivity contribution is 0.717. The molecule has 0 aliphatic carbocycles. The summed E-state index contributed by atoms with van der Waals surface area (Å²) >= 11 is 5.40. The summed E-state index contributed by atoms with van der Waals surface area (Å²) in [5.74, 6) is 0.505. The number of allylic oxidation sites excluding steroid dienone is 2. The van der Waals surface area contributed by atoms with Crippen LogP contribution < -0.4 is 10.6 Å². The van der Waals surface area contributed by atoms with Crippen molar-refractivity contribution in [2.75, 3.05) is 5.32 Å². The fourth-order valence-corrected chi connectivity index (χ4v) is 3.02. The molecule has 0 spiro atoms. The predicted octanol–water partition coefficient (Wildman–Crippen LogP) is 7.90. The first-order valence-corrected chi connectivity index (χ1v) is 11.3. The molecule has 0 radical (unpaired) electrons. The molecule has 0 fully saturated rings. The Balaban J connectivity index is 0.000000637. The van der Waals surface area contributed by atoms with E-state index in [1.165, 1.54) is 36.0 Å². The number of aryl methyl sites for hydroxylation is 1. The van der Waals surface area contributed by atoms with Gasteiger partial charge in [0.1, 0.15) is 0 Å². The molecular weight excluding hydrogens is 384 g/mol. The number of hydrogen-bond acceptors (Lipinski definition) is 1. The highest BCUT2D eigenvalue weighted by Crippen LogP contribution is 2.18. The lowest BCUT2D eigenvalue weighted by Gasteiger charge is -2.17. The van der Waals surface area contributed by atoms with Gasteiger partial charge in [-0.05, 0) is 68.1 Å². The maximum absolute atomic E-state index is 5.40. The molecule has 0 saturated heterocycles. The minimum atomic E-state index is 0.505.